The zero-order valence-corrected chi connectivity index (χ0v) is 9.44. The lowest BCUT2D eigenvalue weighted by molar-refractivity contribution is -0.0832. The molecule has 0 aromatic heterocycles. The van der Waals surface area contributed by atoms with Gasteiger partial charge in [-0.15, -0.1) is 0 Å². The third kappa shape index (κ3) is 3.48. The van der Waals surface area contributed by atoms with Crippen molar-refractivity contribution in [2.75, 3.05) is 5.75 Å². The zero-order chi connectivity index (χ0) is 12.2. The quantitative estimate of drug-likeness (QED) is 0.801. The summed E-state index contributed by atoms with van der Waals surface area (Å²) in [5.41, 5.74) is 0.400. The molecule has 0 aliphatic carbocycles. The molecule has 0 bridgehead atoms. The van der Waals surface area contributed by atoms with E-state index in [4.69, 9.17) is 0 Å². The molecular formula is C11H11F3OS. The van der Waals surface area contributed by atoms with Crippen molar-refractivity contribution in [1.82, 2.24) is 0 Å². The van der Waals surface area contributed by atoms with Gasteiger partial charge in [0.1, 0.15) is 4.91 Å². The predicted molar refractivity (Wildman–Crippen MR) is 59.2 cm³/mol. The summed E-state index contributed by atoms with van der Waals surface area (Å²) in [5, 5.41) is 0. The summed E-state index contributed by atoms with van der Waals surface area (Å²) in [4.78, 5) is -0.985. The van der Waals surface area contributed by atoms with Gasteiger partial charge in [0.05, 0.1) is 10.8 Å². The molecule has 1 nitrogen and oxygen atoms in total. The lowest BCUT2D eigenvalue weighted by atomic mass is 10.2. The Morgan fingerprint density at radius 1 is 1.31 bits per heavy atom. The Labute approximate surface area is 94.4 Å². The molecule has 16 heavy (non-hydrogen) atoms. The molecule has 88 valence electrons. The molecule has 1 aromatic carbocycles. The van der Waals surface area contributed by atoms with Gasteiger partial charge in [0.2, 0.25) is 0 Å². The van der Waals surface area contributed by atoms with Gasteiger partial charge >= 0.3 is 6.18 Å². The van der Waals surface area contributed by atoms with Crippen molar-refractivity contribution < 1.29 is 17.4 Å². The van der Waals surface area contributed by atoms with Crippen molar-refractivity contribution in [3.05, 3.63) is 40.8 Å². The van der Waals surface area contributed by atoms with Gasteiger partial charge in [0, 0.05) is 5.75 Å². The number of hydrogen-bond donors (Lipinski definition) is 0. The van der Waals surface area contributed by atoms with E-state index in [9.17, 15) is 17.4 Å². The van der Waals surface area contributed by atoms with Crippen LogP contribution in [0.25, 0.3) is 6.08 Å². The van der Waals surface area contributed by atoms with Crippen molar-refractivity contribution in [3.63, 3.8) is 0 Å². The standard InChI is InChI=1S/C11H11F3OS/c1-2-16(15)10(11(12,13)14)8-9-6-4-3-5-7-9/h3-8H,2H2,1H3/b10-8+. The van der Waals surface area contributed by atoms with Crippen molar-refractivity contribution in [2.24, 2.45) is 0 Å². The Morgan fingerprint density at radius 3 is 2.31 bits per heavy atom. The van der Waals surface area contributed by atoms with Crippen LogP contribution in [-0.4, -0.2) is 16.1 Å². The molecule has 0 saturated carbocycles. The molecule has 0 aliphatic rings. The van der Waals surface area contributed by atoms with Gasteiger partial charge in [0.15, 0.2) is 0 Å². The van der Waals surface area contributed by atoms with Crippen molar-refractivity contribution in [3.8, 4) is 0 Å². The first-order valence-electron chi connectivity index (χ1n) is 4.67. The molecule has 0 N–H and O–H groups in total. The molecule has 1 atom stereocenters. The van der Waals surface area contributed by atoms with Gasteiger partial charge in [-0.25, -0.2) is 0 Å². The maximum Gasteiger partial charge on any atom is 0.424 e. The third-order valence-corrected chi connectivity index (χ3v) is 3.25. The summed E-state index contributed by atoms with van der Waals surface area (Å²) in [6, 6.07) is 8.06. The number of halogens is 3. The monoisotopic (exact) mass is 248 g/mol. The Balaban J connectivity index is 3.12. The molecule has 1 unspecified atom stereocenters. The van der Waals surface area contributed by atoms with Crippen LogP contribution in [0.1, 0.15) is 12.5 Å². The molecule has 1 rings (SSSR count). The average Bonchev–Trinajstić information content (AvgIpc) is 2.25. The minimum atomic E-state index is -4.54. The van der Waals surface area contributed by atoms with Crippen molar-refractivity contribution in [2.45, 2.75) is 13.1 Å². The van der Waals surface area contributed by atoms with Gasteiger partial charge < -0.3 is 0 Å². The molecule has 0 amide bonds. The van der Waals surface area contributed by atoms with Crippen LogP contribution in [0.3, 0.4) is 0 Å². The first kappa shape index (κ1) is 13.0. The molecule has 1 aromatic rings. The van der Waals surface area contributed by atoms with E-state index in [2.05, 4.69) is 0 Å². The summed E-state index contributed by atoms with van der Waals surface area (Å²) < 4.78 is 49.0. The first-order valence-corrected chi connectivity index (χ1v) is 5.99. The highest BCUT2D eigenvalue weighted by atomic mass is 32.2. The van der Waals surface area contributed by atoms with Crippen LogP contribution in [-0.2, 0) is 10.8 Å². The van der Waals surface area contributed by atoms with Crippen LogP contribution in [0.2, 0.25) is 0 Å². The van der Waals surface area contributed by atoms with Crippen LogP contribution in [0, 0.1) is 0 Å². The highest BCUT2D eigenvalue weighted by molar-refractivity contribution is 7.89. The van der Waals surface area contributed by atoms with E-state index in [1.807, 2.05) is 0 Å². The van der Waals surface area contributed by atoms with Crippen LogP contribution in [0.4, 0.5) is 13.2 Å². The second-order valence-corrected chi connectivity index (χ2v) is 4.76. The number of alkyl halides is 3. The molecule has 0 heterocycles. The molecule has 5 heteroatoms. The summed E-state index contributed by atoms with van der Waals surface area (Å²) in [7, 11) is -2.00. The van der Waals surface area contributed by atoms with E-state index in [0.29, 0.717) is 5.56 Å². The summed E-state index contributed by atoms with van der Waals surface area (Å²) in [6.45, 7) is 1.46. The molecular weight excluding hydrogens is 237 g/mol. The topological polar surface area (TPSA) is 17.1 Å². The van der Waals surface area contributed by atoms with E-state index in [1.165, 1.54) is 6.92 Å². The smallest absolute Gasteiger partial charge is 0.254 e. The van der Waals surface area contributed by atoms with Crippen molar-refractivity contribution >= 4 is 16.9 Å². The largest absolute Gasteiger partial charge is 0.424 e. The Bertz CT molecular complexity index is 395. The van der Waals surface area contributed by atoms with Gasteiger partial charge in [-0.3, -0.25) is 4.21 Å². The van der Waals surface area contributed by atoms with Crippen molar-refractivity contribution in [1.29, 1.82) is 0 Å². The van der Waals surface area contributed by atoms with E-state index in [-0.39, 0.29) is 5.75 Å². The minimum absolute atomic E-state index is 0.0435. The van der Waals surface area contributed by atoms with Crippen LogP contribution in [0.15, 0.2) is 35.2 Å². The van der Waals surface area contributed by atoms with Gasteiger partial charge in [-0.05, 0) is 11.6 Å². The Kier molecular flexibility index (Phi) is 4.29. The van der Waals surface area contributed by atoms with Crippen LogP contribution < -0.4 is 0 Å². The zero-order valence-electron chi connectivity index (χ0n) is 8.62. The molecule has 0 fully saturated rings. The van der Waals surface area contributed by atoms with Gasteiger partial charge in [-0.2, -0.15) is 13.2 Å². The second kappa shape index (κ2) is 5.30. The number of rotatable bonds is 3. The summed E-state index contributed by atoms with van der Waals surface area (Å²) >= 11 is 0. The predicted octanol–water partition coefficient (Wildman–Crippen LogP) is 3.36. The van der Waals surface area contributed by atoms with Crippen LogP contribution in [0.5, 0.6) is 0 Å². The lowest BCUT2D eigenvalue weighted by Gasteiger charge is -2.10. The molecule has 0 radical (unpaired) electrons. The van der Waals surface area contributed by atoms with Crippen LogP contribution >= 0.6 is 0 Å². The number of hydrogen-bond acceptors (Lipinski definition) is 1. The molecule has 0 aliphatic heterocycles. The Morgan fingerprint density at radius 2 is 1.88 bits per heavy atom. The highest BCUT2D eigenvalue weighted by Crippen LogP contribution is 2.30. The SMILES string of the molecule is CCS(=O)/C(=C/c1ccccc1)C(F)(F)F. The molecule has 0 saturated heterocycles. The van der Waals surface area contributed by atoms with E-state index in [0.717, 1.165) is 6.08 Å². The van der Waals surface area contributed by atoms with Gasteiger partial charge in [-0.1, -0.05) is 37.3 Å². The lowest BCUT2D eigenvalue weighted by Crippen LogP contribution is -2.17. The highest BCUT2D eigenvalue weighted by Gasteiger charge is 2.37. The number of benzene rings is 1. The average molecular weight is 248 g/mol. The molecule has 0 spiro atoms. The summed E-state index contributed by atoms with van der Waals surface area (Å²) in [5.74, 6) is -0.0435. The first-order chi connectivity index (χ1) is 7.45. The van der Waals surface area contributed by atoms with Gasteiger partial charge in [0.25, 0.3) is 0 Å². The fourth-order valence-electron chi connectivity index (χ4n) is 1.13. The fourth-order valence-corrected chi connectivity index (χ4v) is 1.97. The normalized spacial score (nSPS) is 14.9. The third-order valence-electron chi connectivity index (χ3n) is 1.88. The summed E-state index contributed by atoms with van der Waals surface area (Å²) in [6.07, 6.45) is -3.61. The Hall–Kier alpha value is -1.10. The maximum absolute atomic E-state index is 12.6. The number of allylic oxidation sites excluding steroid dienone is 1. The maximum atomic E-state index is 12.6. The second-order valence-electron chi connectivity index (χ2n) is 3.05. The van der Waals surface area contributed by atoms with E-state index in [1.54, 1.807) is 30.3 Å². The van der Waals surface area contributed by atoms with E-state index >= 15 is 0 Å². The fraction of sp³-hybridized carbons (Fsp3) is 0.273. The van der Waals surface area contributed by atoms with E-state index < -0.39 is 21.9 Å². The minimum Gasteiger partial charge on any atom is -0.254 e.